The van der Waals surface area contributed by atoms with Gasteiger partial charge in [-0.15, -0.1) is 0 Å². The second-order valence-corrected chi connectivity index (χ2v) is 5.42. The van der Waals surface area contributed by atoms with Crippen LogP contribution in [-0.2, 0) is 0 Å². The van der Waals surface area contributed by atoms with Gasteiger partial charge in [0.1, 0.15) is 0 Å². The molecule has 0 spiro atoms. The summed E-state index contributed by atoms with van der Waals surface area (Å²) < 4.78 is 0. The van der Waals surface area contributed by atoms with Gasteiger partial charge in [-0.2, -0.15) is 0 Å². The summed E-state index contributed by atoms with van der Waals surface area (Å²) in [5, 5.41) is 0. The van der Waals surface area contributed by atoms with E-state index >= 15 is 0 Å². The van der Waals surface area contributed by atoms with Crippen LogP contribution in [0.5, 0.6) is 0 Å². The average Bonchev–Trinajstić information content (AvgIpc) is 3.24. The Bertz CT molecular complexity index is 775. The van der Waals surface area contributed by atoms with Gasteiger partial charge in [0.05, 0.1) is 23.4 Å². The Hall–Kier alpha value is -2.56. The number of imidazole rings is 1. The Morgan fingerprint density at radius 1 is 1.29 bits per heavy atom. The minimum absolute atomic E-state index is 0.0867. The lowest BCUT2D eigenvalue weighted by Crippen LogP contribution is -2.30. The molecule has 2 aromatic heterocycles. The van der Waals surface area contributed by atoms with Gasteiger partial charge in [-0.1, -0.05) is 0 Å². The third-order valence-electron chi connectivity index (χ3n) is 4.16. The largest absolute Gasteiger partial charge is 0.363 e. The third-order valence-corrected chi connectivity index (χ3v) is 4.16. The summed E-state index contributed by atoms with van der Waals surface area (Å²) in [4.78, 5) is 25.2. The van der Waals surface area contributed by atoms with Crippen molar-refractivity contribution < 1.29 is 4.79 Å². The van der Waals surface area contributed by atoms with Gasteiger partial charge in [-0.3, -0.25) is 4.79 Å². The number of amides is 1. The first-order valence-corrected chi connectivity index (χ1v) is 7.20. The zero-order valence-electron chi connectivity index (χ0n) is 11.5. The van der Waals surface area contributed by atoms with Gasteiger partial charge in [0.2, 0.25) is 0 Å². The van der Waals surface area contributed by atoms with Crippen LogP contribution >= 0.6 is 0 Å². The lowest BCUT2D eigenvalue weighted by molar-refractivity contribution is 0.0733. The molecule has 1 aliphatic rings. The highest BCUT2D eigenvalue weighted by atomic mass is 16.2. The van der Waals surface area contributed by atoms with E-state index in [1.54, 1.807) is 6.33 Å². The number of hydrogen-bond acceptors (Lipinski definition) is 2. The van der Waals surface area contributed by atoms with E-state index < -0.39 is 0 Å². The van der Waals surface area contributed by atoms with Crippen molar-refractivity contribution in [3.05, 3.63) is 54.1 Å². The summed E-state index contributed by atoms with van der Waals surface area (Å²) in [6, 6.07) is 9.81. The van der Waals surface area contributed by atoms with Crippen molar-refractivity contribution in [1.29, 1.82) is 0 Å². The van der Waals surface area contributed by atoms with Crippen molar-refractivity contribution in [2.75, 3.05) is 6.54 Å². The van der Waals surface area contributed by atoms with Gasteiger partial charge in [-0.05, 0) is 43.2 Å². The summed E-state index contributed by atoms with van der Waals surface area (Å²) in [5.74, 6) is 0.0867. The highest BCUT2D eigenvalue weighted by Crippen LogP contribution is 2.32. The molecule has 0 aliphatic carbocycles. The lowest BCUT2D eigenvalue weighted by Gasteiger charge is -2.24. The maximum atomic E-state index is 12.8. The summed E-state index contributed by atoms with van der Waals surface area (Å²) in [6.07, 6.45) is 5.61. The molecule has 0 radical (unpaired) electrons. The summed E-state index contributed by atoms with van der Waals surface area (Å²) >= 11 is 0. The molecular weight excluding hydrogens is 264 g/mol. The van der Waals surface area contributed by atoms with Crippen molar-refractivity contribution in [3.8, 4) is 0 Å². The average molecular weight is 280 g/mol. The quantitative estimate of drug-likeness (QED) is 0.758. The Kier molecular flexibility index (Phi) is 2.77. The topological polar surface area (TPSA) is 64.8 Å². The molecule has 3 heterocycles. The molecule has 1 unspecified atom stereocenters. The standard InChI is InChI=1S/C16H16N4O/c21-16(11-5-6-12-14(9-11)19-10-18-12)20-8-2-4-15(20)13-3-1-7-17-13/h1,3,5-7,9-10,15,17H,2,4,8H2,(H,18,19). The molecule has 5 heteroatoms. The monoisotopic (exact) mass is 280 g/mol. The minimum atomic E-state index is 0.0867. The highest BCUT2D eigenvalue weighted by Gasteiger charge is 2.31. The van der Waals surface area contributed by atoms with Crippen molar-refractivity contribution in [2.45, 2.75) is 18.9 Å². The number of aromatic amines is 2. The molecule has 1 fully saturated rings. The van der Waals surface area contributed by atoms with Crippen LogP contribution < -0.4 is 0 Å². The molecule has 1 saturated heterocycles. The van der Waals surface area contributed by atoms with E-state index in [2.05, 4.69) is 15.0 Å². The van der Waals surface area contributed by atoms with E-state index in [4.69, 9.17) is 0 Å². The number of aromatic nitrogens is 3. The van der Waals surface area contributed by atoms with Gasteiger partial charge < -0.3 is 14.9 Å². The lowest BCUT2D eigenvalue weighted by atomic mass is 10.1. The second kappa shape index (κ2) is 4.77. The molecule has 4 rings (SSSR count). The molecule has 106 valence electrons. The molecule has 0 saturated carbocycles. The Morgan fingerprint density at radius 2 is 2.24 bits per heavy atom. The van der Waals surface area contributed by atoms with E-state index in [9.17, 15) is 4.79 Å². The number of fused-ring (bicyclic) bond motifs is 1. The van der Waals surface area contributed by atoms with Crippen LogP contribution in [0.25, 0.3) is 11.0 Å². The van der Waals surface area contributed by atoms with Crippen LogP contribution in [-0.4, -0.2) is 32.3 Å². The van der Waals surface area contributed by atoms with E-state index in [0.717, 1.165) is 36.1 Å². The number of nitrogens with zero attached hydrogens (tertiary/aromatic N) is 2. The SMILES string of the molecule is O=C(c1ccc2nc[nH]c2c1)N1CCCC1c1ccc[nH]1. The highest BCUT2D eigenvalue weighted by molar-refractivity contribution is 5.97. The molecule has 3 aromatic rings. The number of likely N-dealkylation sites (tertiary alicyclic amines) is 1. The van der Waals surface area contributed by atoms with Crippen LogP contribution in [0, 0.1) is 0 Å². The van der Waals surface area contributed by atoms with Gasteiger partial charge in [0.25, 0.3) is 5.91 Å². The Balaban J connectivity index is 1.66. The molecule has 1 amide bonds. The fraction of sp³-hybridized carbons (Fsp3) is 0.250. The molecule has 5 nitrogen and oxygen atoms in total. The van der Waals surface area contributed by atoms with E-state index in [1.807, 2.05) is 41.4 Å². The molecule has 0 bridgehead atoms. The van der Waals surface area contributed by atoms with Gasteiger partial charge in [0.15, 0.2) is 0 Å². The van der Waals surface area contributed by atoms with E-state index in [1.165, 1.54) is 0 Å². The van der Waals surface area contributed by atoms with E-state index in [0.29, 0.717) is 5.56 Å². The number of carbonyl (C=O) groups excluding carboxylic acids is 1. The number of carbonyl (C=O) groups is 1. The van der Waals surface area contributed by atoms with Crippen LogP contribution in [0.15, 0.2) is 42.9 Å². The smallest absolute Gasteiger partial charge is 0.254 e. The normalized spacial score (nSPS) is 18.5. The first kappa shape index (κ1) is 12.2. The number of benzene rings is 1. The minimum Gasteiger partial charge on any atom is -0.363 e. The summed E-state index contributed by atoms with van der Waals surface area (Å²) in [7, 11) is 0. The van der Waals surface area contributed by atoms with Crippen LogP contribution in [0.2, 0.25) is 0 Å². The molecule has 1 aromatic carbocycles. The fourth-order valence-electron chi connectivity index (χ4n) is 3.12. The number of rotatable bonds is 2. The predicted molar refractivity (Wildman–Crippen MR) is 79.9 cm³/mol. The van der Waals surface area contributed by atoms with Crippen LogP contribution in [0.3, 0.4) is 0 Å². The van der Waals surface area contributed by atoms with Crippen molar-refractivity contribution >= 4 is 16.9 Å². The Morgan fingerprint density at radius 3 is 3.10 bits per heavy atom. The van der Waals surface area contributed by atoms with Gasteiger partial charge in [-0.25, -0.2) is 4.98 Å². The third kappa shape index (κ3) is 2.01. The van der Waals surface area contributed by atoms with Crippen molar-refractivity contribution in [1.82, 2.24) is 19.9 Å². The zero-order valence-corrected chi connectivity index (χ0v) is 11.5. The Labute approximate surface area is 122 Å². The predicted octanol–water partition coefficient (Wildman–Crippen LogP) is 2.87. The summed E-state index contributed by atoms with van der Waals surface area (Å²) in [6.45, 7) is 0.809. The van der Waals surface area contributed by atoms with Crippen LogP contribution in [0.4, 0.5) is 0 Å². The van der Waals surface area contributed by atoms with Gasteiger partial charge in [0, 0.05) is 24.0 Å². The second-order valence-electron chi connectivity index (χ2n) is 5.42. The first-order chi connectivity index (χ1) is 10.3. The summed E-state index contributed by atoms with van der Waals surface area (Å²) in [5.41, 5.74) is 3.61. The molecule has 21 heavy (non-hydrogen) atoms. The molecule has 1 atom stereocenters. The molecule has 1 aliphatic heterocycles. The molecular formula is C16H16N4O. The number of hydrogen-bond donors (Lipinski definition) is 2. The zero-order chi connectivity index (χ0) is 14.2. The van der Waals surface area contributed by atoms with Crippen molar-refractivity contribution in [2.24, 2.45) is 0 Å². The first-order valence-electron chi connectivity index (χ1n) is 7.20. The number of H-pyrrole nitrogens is 2. The van der Waals surface area contributed by atoms with Crippen molar-refractivity contribution in [3.63, 3.8) is 0 Å². The maximum absolute atomic E-state index is 12.8. The fourth-order valence-corrected chi connectivity index (χ4v) is 3.12. The number of nitrogens with one attached hydrogen (secondary N) is 2. The van der Waals surface area contributed by atoms with Gasteiger partial charge >= 0.3 is 0 Å². The van der Waals surface area contributed by atoms with Crippen LogP contribution in [0.1, 0.15) is 34.9 Å². The maximum Gasteiger partial charge on any atom is 0.254 e. The molecule has 2 N–H and O–H groups in total. The van der Waals surface area contributed by atoms with E-state index in [-0.39, 0.29) is 11.9 Å².